The summed E-state index contributed by atoms with van der Waals surface area (Å²) >= 11 is 0. The standard InChI is InChI=1S/C22H31N3O4/c1-5-28-16-7-8-18-17(10-16)20(21(23-18)22(27)29-6-2)24-19(26)13-25-11-14(3)9-15(4)12-25/h7-8,10,14-15,23H,5-6,9,11-13H2,1-4H3,(H,24,26)/p+1/t14-,15-/m1/s1. The fourth-order valence-electron chi connectivity index (χ4n) is 4.39. The van der Waals surface area contributed by atoms with Crippen LogP contribution in [0.5, 0.6) is 5.75 Å². The average Bonchev–Trinajstić information content (AvgIpc) is 2.99. The number of quaternary nitrogens is 1. The van der Waals surface area contributed by atoms with Crippen LogP contribution in [-0.2, 0) is 9.53 Å². The van der Waals surface area contributed by atoms with Crippen molar-refractivity contribution in [1.82, 2.24) is 4.98 Å². The molecular weight excluding hydrogens is 370 g/mol. The highest BCUT2D eigenvalue weighted by Crippen LogP contribution is 2.31. The number of nitrogens with one attached hydrogen (secondary N) is 3. The number of hydrogen-bond acceptors (Lipinski definition) is 4. The first-order valence-electron chi connectivity index (χ1n) is 10.5. The first-order chi connectivity index (χ1) is 13.9. The van der Waals surface area contributed by atoms with Crippen LogP contribution < -0.4 is 15.0 Å². The normalized spacial score (nSPS) is 21.7. The van der Waals surface area contributed by atoms with E-state index in [0.717, 1.165) is 24.0 Å². The summed E-state index contributed by atoms with van der Waals surface area (Å²) in [6, 6.07) is 5.52. The molecule has 0 spiro atoms. The number of anilines is 1. The summed E-state index contributed by atoms with van der Waals surface area (Å²) in [5, 5.41) is 3.71. The minimum Gasteiger partial charge on any atom is -0.494 e. The van der Waals surface area contributed by atoms with Gasteiger partial charge in [-0.1, -0.05) is 13.8 Å². The first kappa shape index (κ1) is 21.2. The molecule has 2 aromatic rings. The first-order valence-corrected chi connectivity index (χ1v) is 10.5. The molecule has 29 heavy (non-hydrogen) atoms. The molecule has 158 valence electrons. The Morgan fingerprint density at radius 3 is 2.55 bits per heavy atom. The fraction of sp³-hybridized carbons (Fsp3) is 0.545. The van der Waals surface area contributed by atoms with Crippen LogP contribution in [0.4, 0.5) is 5.69 Å². The monoisotopic (exact) mass is 402 g/mol. The summed E-state index contributed by atoms with van der Waals surface area (Å²) < 4.78 is 10.8. The van der Waals surface area contributed by atoms with E-state index in [-0.39, 0.29) is 18.2 Å². The van der Waals surface area contributed by atoms with Gasteiger partial charge in [0, 0.05) is 22.7 Å². The number of ether oxygens (including phenoxy) is 2. The Morgan fingerprint density at radius 1 is 1.17 bits per heavy atom. The molecule has 2 atom stereocenters. The molecule has 0 saturated carbocycles. The number of amides is 1. The number of benzene rings is 1. The van der Waals surface area contributed by atoms with E-state index in [9.17, 15) is 9.59 Å². The van der Waals surface area contributed by atoms with Crippen LogP contribution in [0, 0.1) is 11.8 Å². The van der Waals surface area contributed by atoms with Crippen molar-refractivity contribution < 1.29 is 24.0 Å². The SMILES string of the molecule is CCOC(=O)c1[nH]c2ccc(OCC)cc2c1NC(=O)C[NH+]1C[C@H](C)C[C@@H](C)C1. The van der Waals surface area contributed by atoms with E-state index < -0.39 is 5.97 Å². The zero-order chi connectivity index (χ0) is 21.0. The van der Waals surface area contributed by atoms with E-state index in [0.29, 0.717) is 36.4 Å². The Kier molecular flexibility index (Phi) is 6.79. The van der Waals surface area contributed by atoms with Crippen LogP contribution in [0.15, 0.2) is 18.2 Å². The molecule has 7 nitrogen and oxygen atoms in total. The van der Waals surface area contributed by atoms with Crippen molar-refractivity contribution in [2.45, 2.75) is 34.1 Å². The number of H-pyrrole nitrogens is 1. The van der Waals surface area contributed by atoms with Gasteiger partial charge in [0.15, 0.2) is 6.54 Å². The largest absolute Gasteiger partial charge is 0.494 e. The third-order valence-corrected chi connectivity index (χ3v) is 5.31. The van der Waals surface area contributed by atoms with Gasteiger partial charge in [-0.05, 0) is 38.5 Å². The minimum atomic E-state index is -0.482. The number of rotatable bonds is 7. The lowest BCUT2D eigenvalue weighted by Gasteiger charge is -2.31. The lowest BCUT2D eigenvalue weighted by atomic mass is 9.92. The van der Waals surface area contributed by atoms with Gasteiger partial charge >= 0.3 is 5.97 Å². The van der Waals surface area contributed by atoms with Gasteiger partial charge in [0.2, 0.25) is 0 Å². The Morgan fingerprint density at radius 2 is 1.90 bits per heavy atom. The summed E-state index contributed by atoms with van der Waals surface area (Å²) in [7, 11) is 0. The van der Waals surface area contributed by atoms with Gasteiger partial charge in [0.05, 0.1) is 32.0 Å². The fourth-order valence-corrected chi connectivity index (χ4v) is 4.39. The highest BCUT2D eigenvalue weighted by atomic mass is 16.5. The van der Waals surface area contributed by atoms with Gasteiger partial charge in [0.1, 0.15) is 11.4 Å². The number of carbonyl (C=O) groups excluding carboxylic acids is 2. The molecule has 1 fully saturated rings. The smallest absolute Gasteiger partial charge is 0.356 e. The van der Waals surface area contributed by atoms with Crippen LogP contribution in [0.1, 0.15) is 44.6 Å². The molecule has 2 heterocycles. The minimum absolute atomic E-state index is 0.102. The second-order valence-electron chi connectivity index (χ2n) is 8.07. The number of esters is 1. The molecule has 1 amide bonds. The van der Waals surface area contributed by atoms with Crippen molar-refractivity contribution in [2.75, 3.05) is 38.2 Å². The highest BCUT2D eigenvalue weighted by Gasteiger charge is 2.28. The molecule has 1 aliphatic rings. The lowest BCUT2D eigenvalue weighted by molar-refractivity contribution is -0.904. The van der Waals surface area contributed by atoms with Crippen molar-refractivity contribution in [3.8, 4) is 5.75 Å². The van der Waals surface area contributed by atoms with E-state index in [2.05, 4.69) is 24.1 Å². The summed E-state index contributed by atoms with van der Waals surface area (Å²) in [5.74, 6) is 1.32. The van der Waals surface area contributed by atoms with E-state index in [1.807, 2.05) is 25.1 Å². The molecule has 0 aliphatic carbocycles. The quantitative estimate of drug-likeness (QED) is 0.620. The molecule has 7 heteroatoms. The lowest BCUT2D eigenvalue weighted by Crippen LogP contribution is -3.15. The summed E-state index contributed by atoms with van der Waals surface area (Å²) in [4.78, 5) is 29.7. The van der Waals surface area contributed by atoms with Gasteiger partial charge in [0.25, 0.3) is 5.91 Å². The zero-order valence-corrected chi connectivity index (χ0v) is 17.8. The van der Waals surface area contributed by atoms with Crippen LogP contribution in [0.25, 0.3) is 10.9 Å². The number of aromatic nitrogens is 1. The van der Waals surface area contributed by atoms with Crippen molar-refractivity contribution in [3.63, 3.8) is 0 Å². The summed E-state index contributed by atoms with van der Waals surface area (Å²) in [6.07, 6.45) is 1.21. The second kappa shape index (κ2) is 9.31. The number of likely N-dealkylation sites (tertiary alicyclic amines) is 1. The second-order valence-corrected chi connectivity index (χ2v) is 8.07. The molecule has 1 saturated heterocycles. The van der Waals surface area contributed by atoms with Crippen LogP contribution >= 0.6 is 0 Å². The van der Waals surface area contributed by atoms with Crippen molar-refractivity contribution in [1.29, 1.82) is 0 Å². The molecule has 3 N–H and O–H groups in total. The molecule has 1 aromatic carbocycles. The molecule has 1 aromatic heterocycles. The molecule has 0 radical (unpaired) electrons. The Balaban J connectivity index is 1.86. The van der Waals surface area contributed by atoms with Crippen LogP contribution in [0.2, 0.25) is 0 Å². The van der Waals surface area contributed by atoms with Crippen molar-refractivity contribution >= 4 is 28.5 Å². The molecule has 3 rings (SSSR count). The molecular formula is C22H32N3O4+. The Bertz CT molecular complexity index is 866. The maximum absolute atomic E-state index is 12.8. The van der Waals surface area contributed by atoms with E-state index in [1.165, 1.54) is 11.3 Å². The maximum atomic E-state index is 12.8. The molecule has 0 bridgehead atoms. The maximum Gasteiger partial charge on any atom is 0.356 e. The number of carbonyl (C=O) groups is 2. The van der Waals surface area contributed by atoms with E-state index in [1.54, 1.807) is 6.92 Å². The number of piperidine rings is 1. The predicted molar refractivity (Wildman–Crippen MR) is 113 cm³/mol. The van der Waals surface area contributed by atoms with Gasteiger partial charge in [-0.25, -0.2) is 4.79 Å². The number of aromatic amines is 1. The highest BCUT2D eigenvalue weighted by molar-refractivity contribution is 6.11. The predicted octanol–water partition coefficient (Wildman–Crippen LogP) is 2.24. The van der Waals surface area contributed by atoms with Crippen molar-refractivity contribution in [2.24, 2.45) is 11.8 Å². The summed E-state index contributed by atoms with van der Waals surface area (Å²) in [6.45, 7) is 11.3. The summed E-state index contributed by atoms with van der Waals surface area (Å²) in [5.41, 5.74) is 1.47. The van der Waals surface area contributed by atoms with Crippen molar-refractivity contribution in [3.05, 3.63) is 23.9 Å². The average molecular weight is 403 g/mol. The molecule has 1 aliphatic heterocycles. The van der Waals surface area contributed by atoms with E-state index >= 15 is 0 Å². The van der Waals surface area contributed by atoms with E-state index in [4.69, 9.17) is 9.47 Å². The van der Waals surface area contributed by atoms with Crippen LogP contribution in [-0.4, -0.2) is 49.7 Å². The third kappa shape index (κ3) is 5.09. The topological polar surface area (TPSA) is 84.9 Å². The van der Waals surface area contributed by atoms with Gasteiger partial charge < -0.3 is 24.7 Å². The Hall–Kier alpha value is -2.54. The number of fused-ring (bicyclic) bond motifs is 1. The van der Waals surface area contributed by atoms with Gasteiger partial charge in [-0.15, -0.1) is 0 Å². The Labute approximate surface area is 171 Å². The van der Waals surface area contributed by atoms with Gasteiger partial charge in [-0.3, -0.25) is 4.79 Å². The van der Waals surface area contributed by atoms with Crippen LogP contribution in [0.3, 0.4) is 0 Å². The number of hydrogen-bond donors (Lipinski definition) is 3. The van der Waals surface area contributed by atoms with Gasteiger partial charge in [-0.2, -0.15) is 0 Å². The zero-order valence-electron chi connectivity index (χ0n) is 17.8. The third-order valence-electron chi connectivity index (χ3n) is 5.31. The molecule has 0 unspecified atom stereocenters.